The van der Waals surface area contributed by atoms with Gasteiger partial charge >= 0.3 is 0 Å². The summed E-state index contributed by atoms with van der Waals surface area (Å²) in [6.45, 7) is 7.43. The SMILES string of the molecule is CC(C)(C)[C@@H](C(=O)N1C[C@H](O)C[C@H]1C(=O)NCCc1nccc(C2CC2)n1)N1C=CC(C2CC2)=CC1. The van der Waals surface area contributed by atoms with E-state index in [1.54, 1.807) is 11.1 Å². The molecule has 0 aromatic carbocycles. The summed E-state index contributed by atoms with van der Waals surface area (Å²) < 4.78 is 0. The number of hydrogen-bond donors (Lipinski definition) is 2. The molecule has 3 heterocycles. The van der Waals surface area contributed by atoms with Crippen LogP contribution in [0, 0.1) is 11.3 Å². The molecule has 2 amide bonds. The number of β-amino-alcohol motifs (C(OH)–C–C–N with tert-alkyl or cyclic N) is 1. The summed E-state index contributed by atoms with van der Waals surface area (Å²) in [5, 5.41) is 13.4. The van der Waals surface area contributed by atoms with Crippen LogP contribution < -0.4 is 5.32 Å². The highest BCUT2D eigenvalue weighted by molar-refractivity contribution is 5.91. The zero-order chi connectivity index (χ0) is 25.4. The average molecular weight is 494 g/mol. The predicted molar refractivity (Wildman–Crippen MR) is 137 cm³/mol. The monoisotopic (exact) mass is 493 g/mol. The Morgan fingerprint density at radius 3 is 2.58 bits per heavy atom. The molecule has 1 saturated heterocycles. The lowest BCUT2D eigenvalue weighted by Crippen LogP contribution is -2.57. The van der Waals surface area contributed by atoms with Gasteiger partial charge in [0.1, 0.15) is 17.9 Å². The maximum Gasteiger partial charge on any atom is 0.246 e. The number of aromatic nitrogens is 2. The molecule has 194 valence electrons. The van der Waals surface area contributed by atoms with E-state index in [-0.39, 0.29) is 30.2 Å². The average Bonchev–Trinajstić information content (AvgIpc) is 3.76. The molecule has 8 nitrogen and oxygen atoms in total. The summed E-state index contributed by atoms with van der Waals surface area (Å²) in [5.41, 5.74) is 2.11. The molecular formula is C28H39N5O3. The first-order chi connectivity index (χ1) is 17.2. The Bertz CT molecular complexity index is 1050. The molecule has 0 bridgehead atoms. The standard InChI is InChI=1S/C28H39N5O3/c1-28(2,3)25(32-14-10-19(11-15-32)18-4-5-18)27(36)33-17-21(34)16-23(33)26(35)30-13-9-24-29-12-8-22(31-24)20-6-7-20/h8,10-12,14,18,20-21,23,25,34H,4-7,9,13,15-17H2,1-3H3,(H,30,35)/t21-,23+,25-/m1/s1. The number of aliphatic hydroxyl groups is 1. The molecule has 0 radical (unpaired) electrons. The Hall–Kier alpha value is -2.74. The van der Waals surface area contributed by atoms with Crippen molar-refractivity contribution in [3.63, 3.8) is 0 Å². The largest absolute Gasteiger partial charge is 0.391 e. The van der Waals surface area contributed by atoms with Crippen molar-refractivity contribution in [2.24, 2.45) is 11.3 Å². The number of carbonyl (C=O) groups excluding carboxylic acids is 2. The van der Waals surface area contributed by atoms with Crippen molar-refractivity contribution >= 4 is 11.8 Å². The van der Waals surface area contributed by atoms with Crippen LogP contribution in [-0.2, 0) is 16.0 Å². The quantitative estimate of drug-likeness (QED) is 0.578. The highest BCUT2D eigenvalue weighted by Crippen LogP contribution is 2.39. The topological polar surface area (TPSA) is 98.7 Å². The van der Waals surface area contributed by atoms with Gasteiger partial charge in [-0.2, -0.15) is 0 Å². The van der Waals surface area contributed by atoms with Crippen molar-refractivity contribution in [2.75, 3.05) is 19.6 Å². The third-order valence-electron chi connectivity index (χ3n) is 7.67. The summed E-state index contributed by atoms with van der Waals surface area (Å²) in [6, 6.07) is 0.863. The minimum Gasteiger partial charge on any atom is -0.391 e. The van der Waals surface area contributed by atoms with Crippen LogP contribution in [0.1, 0.15) is 70.3 Å². The summed E-state index contributed by atoms with van der Waals surface area (Å²) in [4.78, 5) is 39.7. The molecule has 0 spiro atoms. The van der Waals surface area contributed by atoms with Crippen LogP contribution in [-0.4, -0.2) is 74.5 Å². The second-order valence-electron chi connectivity index (χ2n) is 11.9. The molecule has 3 fully saturated rings. The zero-order valence-electron chi connectivity index (χ0n) is 21.7. The van der Waals surface area contributed by atoms with Crippen molar-refractivity contribution < 1.29 is 14.7 Å². The van der Waals surface area contributed by atoms with Crippen LogP contribution in [0.4, 0.5) is 0 Å². The van der Waals surface area contributed by atoms with Gasteiger partial charge in [0.2, 0.25) is 11.8 Å². The Labute approximate surface area is 213 Å². The van der Waals surface area contributed by atoms with Gasteiger partial charge in [0.05, 0.1) is 6.10 Å². The lowest BCUT2D eigenvalue weighted by atomic mass is 9.84. The number of carbonyl (C=O) groups is 2. The smallest absolute Gasteiger partial charge is 0.246 e. The van der Waals surface area contributed by atoms with E-state index in [0.717, 1.165) is 11.5 Å². The normalized spacial score (nSPS) is 25.1. The van der Waals surface area contributed by atoms with E-state index in [2.05, 4.69) is 53.1 Å². The van der Waals surface area contributed by atoms with Crippen molar-refractivity contribution in [1.29, 1.82) is 0 Å². The summed E-state index contributed by atoms with van der Waals surface area (Å²) in [5.74, 6) is 1.63. The molecule has 4 aliphatic rings. The highest BCUT2D eigenvalue weighted by Gasteiger charge is 2.45. The molecule has 1 aromatic rings. The maximum atomic E-state index is 13.9. The molecule has 2 saturated carbocycles. The molecule has 2 aliphatic heterocycles. The van der Waals surface area contributed by atoms with Crippen LogP contribution in [0.2, 0.25) is 0 Å². The third-order valence-corrected chi connectivity index (χ3v) is 7.67. The summed E-state index contributed by atoms with van der Waals surface area (Å²) in [6.07, 6.45) is 13.1. The minimum atomic E-state index is -0.706. The number of allylic oxidation sites excluding steroid dienone is 2. The minimum absolute atomic E-state index is 0.104. The Morgan fingerprint density at radius 2 is 1.94 bits per heavy atom. The maximum absolute atomic E-state index is 13.9. The van der Waals surface area contributed by atoms with Gasteiger partial charge in [0, 0.05) is 56.5 Å². The van der Waals surface area contributed by atoms with Crippen LogP contribution in [0.15, 0.2) is 36.2 Å². The van der Waals surface area contributed by atoms with Crippen LogP contribution in [0.25, 0.3) is 0 Å². The van der Waals surface area contributed by atoms with Gasteiger partial charge < -0.3 is 20.2 Å². The molecular weight excluding hydrogens is 454 g/mol. The molecule has 2 aliphatic carbocycles. The number of rotatable bonds is 8. The number of nitrogens with one attached hydrogen (secondary N) is 1. The second kappa shape index (κ2) is 9.96. The molecule has 36 heavy (non-hydrogen) atoms. The third kappa shape index (κ3) is 5.64. The van der Waals surface area contributed by atoms with E-state index in [1.807, 2.05) is 12.3 Å². The van der Waals surface area contributed by atoms with E-state index < -0.39 is 18.2 Å². The number of likely N-dealkylation sites (tertiary alicyclic amines) is 1. The molecule has 8 heteroatoms. The van der Waals surface area contributed by atoms with Gasteiger partial charge in [-0.05, 0) is 54.7 Å². The van der Waals surface area contributed by atoms with Crippen LogP contribution in [0.5, 0.6) is 0 Å². The van der Waals surface area contributed by atoms with Gasteiger partial charge in [0.15, 0.2) is 0 Å². The number of hydrogen-bond acceptors (Lipinski definition) is 6. The first kappa shape index (κ1) is 24.9. The zero-order valence-corrected chi connectivity index (χ0v) is 21.7. The van der Waals surface area contributed by atoms with E-state index in [9.17, 15) is 14.7 Å². The summed E-state index contributed by atoms with van der Waals surface area (Å²) >= 11 is 0. The van der Waals surface area contributed by atoms with Gasteiger partial charge in [-0.15, -0.1) is 0 Å². The molecule has 3 atom stereocenters. The van der Waals surface area contributed by atoms with E-state index >= 15 is 0 Å². The molecule has 1 aromatic heterocycles. The fraction of sp³-hybridized carbons (Fsp3) is 0.643. The fourth-order valence-corrected chi connectivity index (χ4v) is 5.46. The van der Waals surface area contributed by atoms with Crippen LogP contribution in [0.3, 0.4) is 0 Å². The predicted octanol–water partition coefficient (Wildman–Crippen LogP) is 2.55. The van der Waals surface area contributed by atoms with E-state index in [0.29, 0.717) is 31.3 Å². The summed E-state index contributed by atoms with van der Waals surface area (Å²) in [7, 11) is 0. The fourth-order valence-electron chi connectivity index (χ4n) is 5.46. The van der Waals surface area contributed by atoms with E-state index in [1.165, 1.54) is 31.3 Å². The Morgan fingerprint density at radius 1 is 1.19 bits per heavy atom. The lowest BCUT2D eigenvalue weighted by Gasteiger charge is -2.42. The van der Waals surface area contributed by atoms with Crippen molar-refractivity contribution in [3.05, 3.63) is 47.7 Å². The van der Waals surface area contributed by atoms with Gasteiger partial charge in [-0.3, -0.25) is 9.59 Å². The highest BCUT2D eigenvalue weighted by atomic mass is 16.3. The second-order valence-corrected chi connectivity index (χ2v) is 11.9. The number of aliphatic hydroxyl groups excluding tert-OH is 1. The first-order valence-electron chi connectivity index (χ1n) is 13.4. The van der Waals surface area contributed by atoms with Crippen molar-refractivity contribution in [1.82, 2.24) is 25.1 Å². The van der Waals surface area contributed by atoms with Crippen LogP contribution >= 0.6 is 0 Å². The lowest BCUT2D eigenvalue weighted by molar-refractivity contribution is -0.145. The Balaban J connectivity index is 1.22. The number of nitrogens with zero attached hydrogens (tertiary/aromatic N) is 4. The molecule has 5 rings (SSSR count). The molecule has 0 unspecified atom stereocenters. The first-order valence-corrected chi connectivity index (χ1v) is 13.4. The van der Waals surface area contributed by atoms with Gasteiger partial charge in [-0.1, -0.05) is 26.8 Å². The van der Waals surface area contributed by atoms with E-state index in [4.69, 9.17) is 0 Å². The van der Waals surface area contributed by atoms with Gasteiger partial charge in [0.25, 0.3) is 0 Å². The molecule has 2 N–H and O–H groups in total. The Kier molecular flexibility index (Phi) is 6.90. The van der Waals surface area contributed by atoms with Crippen molar-refractivity contribution in [2.45, 2.75) is 83.4 Å². The van der Waals surface area contributed by atoms with Gasteiger partial charge in [-0.25, -0.2) is 9.97 Å². The van der Waals surface area contributed by atoms with Crippen molar-refractivity contribution in [3.8, 4) is 0 Å². The number of amides is 2.